The lowest BCUT2D eigenvalue weighted by Crippen LogP contribution is -2.48. The van der Waals surface area contributed by atoms with Crippen LogP contribution in [0.4, 0.5) is 19.0 Å². The summed E-state index contributed by atoms with van der Waals surface area (Å²) in [6.07, 6.45) is 0. The molecule has 340 valence electrons. The lowest BCUT2D eigenvalue weighted by atomic mass is 10.1. The Morgan fingerprint density at radius 1 is 0.516 bits per heavy atom. The highest BCUT2D eigenvalue weighted by Crippen LogP contribution is 2.35. The van der Waals surface area contributed by atoms with E-state index in [1.54, 1.807) is 41.0 Å². The number of aromatic nitrogens is 2. The van der Waals surface area contributed by atoms with Crippen molar-refractivity contribution in [1.82, 2.24) is 18.6 Å². The van der Waals surface area contributed by atoms with Gasteiger partial charge in [-0.05, 0) is 73.5 Å². The van der Waals surface area contributed by atoms with Crippen molar-refractivity contribution in [2.24, 2.45) is 0 Å². The summed E-state index contributed by atoms with van der Waals surface area (Å²) in [6.45, 7) is 7.51. The second-order valence-electron chi connectivity index (χ2n) is 14.8. The first-order chi connectivity index (χ1) is 30.7. The fourth-order valence-electron chi connectivity index (χ4n) is 7.13. The van der Waals surface area contributed by atoms with Crippen LogP contribution in [0.2, 0.25) is 0 Å². The van der Waals surface area contributed by atoms with E-state index in [0.29, 0.717) is 72.9 Å². The van der Waals surface area contributed by atoms with Crippen LogP contribution in [0, 0.1) is 25.5 Å². The third-order valence-corrected chi connectivity index (χ3v) is 16.6. The number of aryl methyl sites for hydroxylation is 2. The van der Waals surface area contributed by atoms with E-state index in [9.17, 15) is 25.6 Å². The second kappa shape index (κ2) is 19.8. The highest BCUT2D eigenvalue weighted by molar-refractivity contribution is 7.89. The third kappa shape index (κ3) is 9.96. The highest BCUT2D eigenvalue weighted by Gasteiger charge is 2.34. The molecular formula is C44H48F2N6O8S4. The maximum Gasteiger partial charge on any atom is 0.247 e. The molecule has 2 fully saturated rings. The molecule has 2 saturated heterocycles. The summed E-state index contributed by atoms with van der Waals surface area (Å²) < 4.78 is 104. The number of rotatable bonds is 12. The molecule has 2 aliphatic rings. The number of piperazine rings is 2. The molecule has 64 heavy (non-hydrogen) atoms. The first-order valence-electron chi connectivity index (χ1n) is 20.0. The van der Waals surface area contributed by atoms with Crippen molar-refractivity contribution in [3.63, 3.8) is 0 Å². The fraction of sp³-hybridized carbons (Fsp3) is 0.318. The summed E-state index contributed by atoms with van der Waals surface area (Å²) in [4.78, 5) is 13.6. The highest BCUT2D eigenvalue weighted by atomic mass is 32.2. The zero-order chi connectivity index (χ0) is 45.8. The molecule has 0 N–H and O–H groups in total. The second-order valence-corrected chi connectivity index (χ2v) is 20.3. The maximum absolute atomic E-state index is 13.5. The van der Waals surface area contributed by atoms with E-state index in [2.05, 4.69) is 47.3 Å². The third-order valence-electron chi connectivity index (χ3n) is 11.0. The molecule has 6 aromatic rings. The van der Waals surface area contributed by atoms with Crippen LogP contribution in [0.15, 0.2) is 93.3 Å². The van der Waals surface area contributed by atoms with E-state index in [4.69, 9.17) is 23.9 Å². The van der Waals surface area contributed by atoms with Gasteiger partial charge in [-0.15, -0.1) is 22.7 Å². The zero-order valence-corrected chi connectivity index (χ0v) is 39.3. The zero-order valence-electron chi connectivity index (χ0n) is 36.1. The number of hydrogen-bond acceptors (Lipinski definition) is 14. The van der Waals surface area contributed by atoms with Crippen molar-refractivity contribution in [3.05, 3.63) is 106 Å². The molecule has 4 aromatic carbocycles. The number of benzene rings is 4. The Labute approximate surface area is 380 Å². The summed E-state index contributed by atoms with van der Waals surface area (Å²) in [6, 6.07) is 19.5. The predicted molar refractivity (Wildman–Crippen MR) is 246 cm³/mol. The number of anilines is 2. The molecule has 2 aromatic heterocycles. The minimum Gasteiger partial charge on any atom is -0.497 e. The summed E-state index contributed by atoms with van der Waals surface area (Å²) >= 11 is 2.96. The monoisotopic (exact) mass is 954 g/mol. The van der Waals surface area contributed by atoms with Gasteiger partial charge in [-0.25, -0.2) is 35.6 Å². The largest absolute Gasteiger partial charge is 0.497 e. The number of thiazole rings is 2. The van der Waals surface area contributed by atoms with Gasteiger partial charge in [-0.1, -0.05) is 12.1 Å². The lowest BCUT2D eigenvalue weighted by molar-refractivity contribution is 0.370. The van der Waals surface area contributed by atoms with Crippen LogP contribution >= 0.6 is 22.7 Å². The normalized spacial score (nSPS) is 15.1. The Bertz CT molecular complexity index is 2630. The van der Waals surface area contributed by atoms with Crippen molar-refractivity contribution in [1.29, 1.82) is 0 Å². The van der Waals surface area contributed by atoms with Crippen molar-refractivity contribution < 1.29 is 44.6 Å². The molecule has 0 amide bonds. The Morgan fingerprint density at radius 3 is 1.36 bits per heavy atom. The van der Waals surface area contributed by atoms with E-state index < -0.39 is 31.7 Å². The van der Waals surface area contributed by atoms with E-state index in [1.807, 2.05) is 4.90 Å². The number of nitrogens with zero attached hydrogens (tertiary/aromatic N) is 6. The molecule has 20 heteroatoms. The number of ether oxygens (including phenoxy) is 4. The molecule has 2 aliphatic heterocycles. The van der Waals surface area contributed by atoms with Crippen molar-refractivity contribution in [2.45, 2.75) is 23.6 Å². The topological polar surface area (TPSA) is 144 Å². The predicted octanol–water partition coefficient (Wildman–Crippen LogP) is 7.57. The summed E-state index contributed by atoms with van der Waals surface area (Å²) in [5.41, 5.74) is 5.57. The SMILES string of the molecule is COc1ccc(OC)c(S(=O)(=O)N2CCN(c3nc(-c4ccc(C)c(C)c4)cs3)CC2)c1.COc1ccc(OC)c(S(=O)(=O)N2CCN(c3nc(-c4ccc(F)c(F)c4)cs3)CC2)c1. The lowest BCUT2D eigenvalue weighted by Gasteiger charge is -2.34. The molecule has 14 nitrogen and oxygen atoms in total. The van der Waals surface area contributed by atoms with Gasteiger partial charge in [-0.2, -0.15) is 8.61 Å². The van der Waals surface area contributed by atoms with Gasteiger partial charge in [0.05, 0.1) is 39.8 Å². The molecule has 0 unspecified atom stereocenters. The Balaban J connectivity index is 0.000000191. The van der Waals surface area contributed by atoms with Gasteiger partial charge in [-0.3, -0.25) is 0 Å². The Morgan fingerprint density at radius 2 is 0.953 bits per heavy atom. The summed E-state index contributed by atoms with van der Waals surface area (Å²) in [5.74, 6) is -0.367. The number of halogens is 2. The van der Waals surface area contributed by atoms with Crippen LogP contribution in [0.25, 0.3) is 22.5 Å². The van der Waals surface area contributed by atoms with Crippen LogP contribution in [-0.2, 0) is 20.0 Å². The van der Waals surface area contributed by atoms with Gasteiger partial charge in [0, 0.05) is 86.4 Å². The van der Waals surface area contributed by atoms with Crippen LogP contribution in [0.5, 0.6) is 23.0 Å². The molecular weight excluding hydrogens is 907 g/mol. The van der Waals surface area contributed by atoms with E-state index >= 15 is 0 Å². The van der Waals surface area contributed by atoms with Crippen molar-refractivity contribution >= 4 is 53.0 Å². The van der Waals surface area contributed by atoms with Gasteiger partial charge in [0.1, 0.15) is 32.8 Å². The minimum absolute atomic E-state index is 0.0580. The minimum atomic E-state index is -3.78. The molecule has 0 spiro atoms. The van der Waals surface area contributed by atoms with Crippen LogP contribution in [0.3, 0.4) is 0 Å². The van der Waals surface area contributed by atoms with E-state index in [1.165, 1.54) is 77.7 Å². The van der Waals surface area contributed by atoms with Crippen LogP contribution in [-0.4, -0.2) is 116 Å². The molecule has 8 rings (SSSR count). The Hall–Kier alpha value is -5.38. The van der Waals surface area contributed by atoms with Gasteiger partial charge < -0.3 is 28.7 Å². The molecule has 0 saturated carbocycles. The molecule has 0 aliphatic carbocycles. The van der Waals surface area contributed by atoms with Crippen LogP contribution in [0.1, 0.15) is 11.1 Å². The van der Waals surface area contributed by atoms with Gasteiger partial charge in [0.2, 0.25) is 20.0 Å². The first-order valence-corrected chi connectivity index (χ1v) is 24.7. The molecule has 4 heterocycles. The molecule has 0 bridgehead atoms. The number of hydrogen-bond donors (Lipinski definition) is 0. The first kappa shape index (κ1) is 46.6. The van der Waals surface area contributed by atoms with Crippen LogP contribution < -0.4 is 28.7 Å². The maximum atomic E-state index is 13.5. The van der Waals surface area contributed by atoms with Gasteiger partial charge in [0.25, 0.3) is 0 Å². The van der Waals surface area contributed by atoms with E-state index in [-0.39, 0.29) is 28.6 Å². The van der Waals surface area contributed by atoms with E-state index in [0.717, 1.165) is 28.5 Å². The van der Waals surface area contributed by atoms with Gasteiger partial charge >= 0.3 is 0 Å². The molecule has 0 atom stereocenters. The fourth-order valence-corrected chi connectivity index (χ4v) is 12.1. The standard InChI is InChI=1S/C23H27N3O4S2.C21H21F2N3O4S2/c1-16-5-6-18(13-17(16)2)20-15-31-23(24-20)25-9-11-26(12-10-25)32(27,28)22-14-19(29-3)7-8-21(22)30-4;1-29-15-4-6-19(30-2)20(12-15)32(27,28)26-9-7-25(8-10-26)21-24-18(13-31-21)14-3-5-16(22)17(23)11-14/h5-8,13-15H,9-12H2,1-4H3;3-6,11-13H,7-10H2,1-2H3. The van der Waals surface area contributed by atoms with Crippen molar-refractivity contribution in [3.8, 4) is 45.5 Å². The summed E-state index contributed by atoms with van der Waals surface area (Å²) in [7, 11) is -1.62. The average Bonchev–Trinajstić information content (AvgIpc) is 4.03. The van der Waals surface area contributed by atoms with Gasteiger partial charge in [0.15, 0.2) is 21.9 Å². The smallest absolute Gasteiger partial charge is 0.247 e. The number of methoxy groups -OCH3 is 4. The quantitative estimate of drug-likeness (QED) is 0.119. The number of sulfonamides is 2. The Kier molecular flexibility index (Phi) is 14.4. The van der Waals surface area contributed by atoms with Crippen molar-refractivity contribution in [2.75, 3.05) is 90.6 Å². The summed E-state index contributed by atoms with van der Waals surface area (Å²) in [5, 5.41) is 5.44. The molecule has 0 radical (unpaired) electrons. The average molecular weight is 955 g/mol.